The van der Waals surface area contributed by atoms with Gasteiger partial charge in [-0.3, -0.25) is 0 Å². The van der Waals surface area contributed by atoms with E-state index < -0.39 is 8.07 Å². The molecule has 0 radical (unpaired) electrons. The molecule has 0 unspecified atom stereocenters. The SMILES string of the molecule is CC(C)(C)[Si](C)(C)C1(CC=O)SCCCS1. The van der Waals surface area contributed by atoms with E-state index in [1.54, 1.807) is 0 Å². The summed E-state index contributed by atoms with van der Waals surface area (Å²) < 4.78 is 0.214. The van der Waals surface area contributed by atoms with E-state index in [2.05, 4.69) is 57.4 Å². The first-order chi connectivity index (χ1) is 7.27. The molecule has 0 N–H and O–H groups in total. The molecule has 4 heteroatoms. The van der Waals surface area contributed by atoms with Gasteiger partial charge in [-0.1, -0.05) is 33.9 Å². The molecule has 1 aliphatic rings. The summed E-state index contributed by atoms with van der Waals surface area (Å²) in [6, 6.07) is 0. The minimum absolute atomic E-state index is 0.214. The molecule has 0 aromatic heterocycles. The fourth-order valence-corrected chi connectivity index (χ4v) is 11.7. The highest BCUT2D eigenvalue weighted by molar-refractivity contribution is 8.21. The number of thioether (sulfide) groups is 2. The van der Waals surface area contributed by atoms with Crippen LogP contribution in [-0.4, -0.2) is 29.6 Å². The van der Waals surface area contributed by atoms with Crippen molar-refractivity contribution in [3.8, 4) is 0 Å². The van der Waals surface area contributed by atoms with Crippen LogP contribution in [0.3, 0.4) is 0 Å². The van der Waals surface area contributed by atoms with E-state index in [4.69, 9.17) is 0 Å². The van der Waals surface area contributed by atoms with Gasteiger partial charge in [0.1, 0.15) is 6.29 Å². The van der Waals surface area contributed by atoms with Crippen LogP contribution in [0.5, 0.6) is 0 Å². The molecule has 0 amide bonds. The monoisotopic (exact) mass is 276 g/mol. The predicted molar refractivity (Wildman–Crippen MR) is 80.1 cm³/mol. The molecule has 0 aliphatic carbocycles. The van der Waals surface area contributed by atoms with Gasteiger partial charge in [0.2, 0.25) is 0 Å². The van der Waals surface area contributed by atoms with Gasteiger partial charge in [0, 0.05) is 6.42 Å². The minimum atomic E-state index is -1.48. The molecule has 16 heavy (non-hydrogen) atoms. The molecular weight excluding hydrogens is 252 g/mol. The van der Waals surface area contributed by atoms with Gasteiger partial charge in [-0.15, -0.1) is 23.5 Å². The maximum atomic E-state index is 11.0. The lowest BCUT2D eigenvalue weighted by Gasteiger charge is -2.52. The molecule has 1 aliphatic heterocycles. The maximum Gasteiger partial charge on any atom is 0.121 e. The third kappa shape index (κ3) is 2.54. The van der Waals surface area contributed by atoms with Gasteiger partial charge in [-0.05, 0) is 23.0 Å². The Labute approximate surface area is 110 Å². The molecule has 1 saturated heterocycles. The van der Waals surface area contributed by atoms with Crippen LogP contribution < -0.4 is 0 Å². The Morgan fingerprint density at radius 1 is 1.25 bits per heavy atom. The van der Waals surface area contributed by atoms with Gasteiger partial charge in [0.15, 0.2) is 0 Å². The summed E-state index contributed by atoms with van der Waals surface area (Å²) in [6.07, 6.45) is 3.18. The third-order valence-corrected chi connectivity index (χ3v) is 16.9. The molecule has 0 aromatic rings. The normalized spacial score (nSPS) is 21.8. The van der Waals surface area contributed by atoms with Crippen molar-refractivity contribution in [2.75, 3.05) is 11.5 Å². The van der Waals surface area contributed by atoms with Crippen molar-refractivity contribution in [1.29, 1.82) is 0 Å². The zero-order valence-corrected chi connectivity index (χ0v) is 13.8. The third-order valence-electron chi connectivity index (χ3n) is 4.14. The second-order valence-electron chi connectivity index (χ2n) is 6.05. The van der Waals surface area contributed by atoms with Gasteiger partial charge in [-0.2, -0.15) is 0 Å². The number of hydrogen-bond donors (Lipinski definition) is 0. The summed E-state index contributed by atoms with van der Waals surface area (Å²) in [5.74, 6) is 2.46. The molecule has 0 atom stereocenters. The summed E-state index contributed by atoms with van der Waals surface area (Å²) >= 11 is 4.12. The van der Waals surface area contributed by atoms with Crippen molar-refractivity contribution in [2.24, 2.45) is 0 Å². The summed E-state index contributed by atoms with van der Waals surface area (Å²) in [4.78, 5) is 11.0. The smallest absolute Gasteiger partial charge is 0.121 e. The number of carbonyl (C=O) groups is 1. The van der Waals surface area contributed by atoms with Crippen LogP contribution in [0.25, 0.3) is 0 Å². The summed E-state index contributed by atoms with van der Waals surface area (Å²) in [5.41, 5.74) is 0. The van der Waals surface area contributed by atoms with Crippen LogP contribution in [0.4, 0.5) is 0 Å². The number of hydrogen-bond acceptors (Lipinski definition) is 3. The van der Waals surface area contributed by atoms with Crippen LogP contribution >= 0.6 is 23.5 Å². The van der Waals surface area contributed by atoms with Crippen LogP contribution in [0.1, 0.15) is 33.6 Å². The Kier molecular flexibility index (Phi) is 4.64. The lowest BCUT2D eigenvalue weighted by atomic mass is 10.2. The second kappa shape index (κ2) is 5.07. The standard InChI is InChI=1S/C12H24OS2Si/c1-11(2,3)16(4,5)12(7-8-13)14-9-6-10-15-12/h8H,6-7,9-10H2,1-5H3. The van der Waals surface area contributed by atoms with Crippen LogP contribution in [-0.2, 0) is 4.79 Å². The van der Waals surface area contributed by atoms with Gasteiger partial charge >= 0.3 is 0 Å². The summed E-state index contributed by atoms with van der Waals surface area (Å²) in [7, 11) is -1.48. The van der Waals surface area contributed by atoms with E-state index in [-0.39, 0.29) is 3.70 Å². The van der Waals surface area contributed by atoms with E-state index in [1.165, 1.54) is 17.9 Å². The van der Waals surface area contributed by atoms with E-state index in [0.717, 1.165) is 12.7 Å². The highest BCUT2D eigenvalue weighted by atomic mass is 32.2. The number of aldehydes is 1. The molecule has 0 spiro atoms. The minimum Gasteiger partial charge on any atom is -0.303 e. The van der Waals surface area contributed by atoms with Crippen molar-refractivity contribution >= 4 is 37.9 Å². The summed E-state index contributed by atoms with van der Waals surface area (Å²) in [6.45, 7) is 12.0. The van der Waals surface area contributed by atoms with Gasteiger partial charge in [0.25, 0.3) is 0 Å². The molecule has 0 saturated carbocycles. The molecule has 0 aromatic carbocycles. The van der Waals surface area contributed by atoms with Crippen molar-refractivity contribution < 1.29 is 4.79 Å². The molecule has 1 rings (SSSR count). The molecular formula is C12H24OS2Si. The lowest BCUT2D eigenvalue weighted by Crippen LogP contribution is -2.57. The molecule has 1 heterocycles. The number of carbonyl (C=O) groups excluding carboxylic acids is 1. The topological polar surface area (TPSA) is 17.1 Å². The first-order valence-electron chi connectivity index (χ1n) is 5.98. The molecule has 1 nitrogen and oxygen atoms in total. The number of rotatable bonds is 3. The molecule has 0 bridgehead atoms. The van der Waals surface area contributed by atoms with Crippen molar-refractivity contribution in [3.05, 3.63) is 0 Å². The highest BCUT2D eigenvalue weighted by Gasteiger charge is 2.54. The zero-order valence-electron chi connectivity index (χ0n) is 11.1. The van der Waals surface area contributed by atoms with Crippen LogP contribution in [0.15, 0.2) is 0 Å². The average Bonchev–Trinajstić information content (AvgIpc) is 2.17. The first-order valence-corrected chi connectivity index (χ1v) is 11.0. The highest BCUT2D eigenvalue weighted by Crippen LogP contribution is 2.57. The second-order valence-corrected chi connectivity index (χ2v) is 15.4. The zero-order chi connectivity index (χ0) is 12.4. The Hall–Kier alpha value is 0.587. The van der Waals surface area contributed by atoms with E-state index >= 15 is 0 Å². The Morgan fingerprint density at radius 2 is 1.75 bits per heavy atom. The van der Waals surface area contributed by atoms with Crippen LogP contribution in [0.2, 0.25) is 18.1 Å². The van der Waals surface area contributed by atoms with Gasteiger partial charge in [0.05, 0.1) is 11.8 Å². The van der Waals surface area contributed by atoms with Crippen molar-refractivity contribution in [3.63, 3.8) is 0 Å². The van der Waals surface area contributed by atoms with E-state index in [0.29, 0.717) is 5.04 Å². The first kappa shape index (κ1) is 14.6. The van der Waals surface area contributed by atoms with Crippen LogP contribution in [0, 0.1) is 0 Å². The van der Waals surface area contributed by atoms with Gasteiger partial charge < -0.3 is 4.79 Å². The predicted octanol–water partition coefficient (Wildman–Crippen LogP) is 4.19. The fourth-order valence-electron chi connectivity index (χ4n) is 1.99. The maximum absolute atomic E-state index is 11.0. The van der Waals surface area contributed by atoms with E-state index in [1.807, 2.05) is 0 Å². The largest absolute Gasteiger partial charge is 0.303 e. The average molecular weight is 277 g/mol. The molecule has 94 valence electrons. The van der Waals surface area contributed by atoms with Gasteiger partial charge in [-0.25, -0.2) is 0 Å². The summed E-state index contributed by atoms with van der Waals surface area (Å²) in [5, 5.41) is 0.355. The Balaban J connectivity index is 3.04. The van der Waals surface area contributed by atoms with Crippen molar-refractivity contribution in [1.82, 2.24) is 0 Å². The van der Waals surface area contributed by atoms with E-state index in [9.17, 15) is 4.79 Å². The lowest BCUT2D eigenvalue weighted by molar-refractivity contribution is -0.107. The quantitative estimate of drug-likeness (QED) is 0.568. The Morgan fingerprint density at radius 3 is 2.12 bits per heavy atom. The fraction of sp³-hybridized carbons (Fsp3) is 0.917. The van der Waals surface area contributed by atoms with Crippen molar-refractivity contribution in [2.45, 2.75) is 55.4 Å². The molecule has 1 fully saturated rings. The Bertz CT molecular complexity index is 252.